The van der Waals surface area contributed by atoms with Crippen LogP contribution in [-0.2, 0) is 16.6 Å². The number of rotatable bonds is 5. The maximum Gasteiger partial charge on any atom is 0.264 e. The van der Waals surface area contributed by atoms with E-state index in [2.05, 4.69) is 15.2 Å². The minimum absolute atomic E-state index is 0.154. The van der Waals surface area contributed by atoms with Crippen molar-refractivity contribution in [1.29, 1.82) is 0 Å². The van der Waals surface area contributed by atoms with Gasteiger partial charge in [-0.25, -0.2) is 13.1 Å². The van der Waals surface area contributed by atoms with Crippen molar-refractivity contribution in [3.05, 3.63) is 41.1 Å². The van der Waals surface area contributed by atoms with Gasteiger partial charge in [0.2, 0.25) is 5.88 Å². The molecular weight excluding hydrogens is 278 g/mol. The van der Waals surface area contributed by atoms with E-state index >= 15 is 0 Å². The number of nitrogens with one attached hydrogen (secondary N) is 2. The Balaban J connectivity index is 2.24. The van der Waals surface area contributed by atoms with E-state index < -0.39 is 10.0 Å². The molecule has 0 aliphatic carbocycles. The van der Waals surface area contributed by atoms with Crippen molar-refractivity contribution in [3.8, 4) is 0 Å². The summed E-state index contributed by atoms with van der Waals surface area (Å²) in [4.78, 5) is 0.186. The van der Waals surface area contributed by atoms with Crippen LogP contribution in [0.2, 0.25) is 0 Å². The molecule has 0 aliphatic rings. The lowest BCUT2D eigenvalue weighted by Crippen LogP contribution is -2.13. The molecule has 1 heterocycles. The Hall–Kier alpha value is -1.86. The number of anilines is 1. The molecule has 20 heavy (non-hydrogen) atoms. The molecule has 0 radical (unpaired) electrons. The third kappa shape index (κ3) is 3.00. The molecule has 6 nitrogen and oxygen atoms in total. The van der Waals surface area contributed by atoms with E-state index in [1.54, 1.807) is 38.1 Å². The van der Waals surface area contributed by atoms with Crippen molar-refractivity contribution in [2.45, 2.75) is 25.3 Å². The van der Waals surface area contributed by atoms with Gasteiger partial charge in [-0.3, -0.25) is 0 Å². The monoisotopic (exact) mass is 295 g/mol. The number of benzene rings is 1. The first-order valence-corrected chi connectivity index (χ1v) is 7.61. The molecular formula is C13H17N3O3S. The normalized spacial score (nSPS) is 11.6. The van der Waals surface area contributed by atoms with E-state index in [0.29, 0.717) is 17.8 Å². The first-order chi connectivity index (χ1) is 9.44. The minimum Gasteiger partial charge on any atom is -0.337 e. The van der Waals surface area contributed by atoms with Crippen molar-refractivity contribution >= 4 is 15.9 Å². The molecule has 2 N–H and O–H groups in total. The molecule has 0 amide bonds. The summed E-state index contributed by atoms with van der Waals surface area (Å²) >= 11 is 0. The summed E-state index contributed by atoms with van der Waals surface area (Å²) in [6.45, 7) is 4.19. The molecule has 2 aromatic rings. The standard InChI is InChI=1S/C13H17N3O3S/c1-9-10(2)15-19-13(9)16-20(17,18)12-6-4-11(5-7-12)8-14-3/h4-7,14,16H,8H2,1-3H3. The number of nitrogens with zero attached hydrogens (tertiary/aromatic N) is 1. The Morgan fingerprint density at radius 2 is 1.85 bits per heavy atom. The predicted molar refractivity (Wildman–Crippen MR) is 76.0 cm³/mol. The molecule has 0 saturated heterocycles. The Morgan fingerprint density at radius 1 is 1.20 bits per heavy atom. The van der Waals surface area contributed by atoms with Crippen LogP contribution in [0.4, 0.5) is 5.88 Å². The van der Waals surface area contributed by atoms with Gasteiger partial charge >= 0.3 is 0 Å². The molecule has 0 unspecified atom stereocenters. The second kappa shape index (κ2) is 5.64. The van der Waals surface area contributed by atoms with Crippen LogP contribution in [0.15, 0.2) is 33.7 Å². The molecule has 0 saturated carbocycles. The largest absolute Gasteiger partial charge is 0.337 e. The maximum atomic E-state index is 12.2. The third-order valence-corrected chi connectivity index (χ3v) is 4.35. The van der Waals surface area contributed by atoms with Crippen LogP contribution in [0.5, 0.6) is 0 Å². The van der Waals surface area contributed by atoms with Crippen LogP contribution in [0, 0.1) is 13.8 Å². The average molecular weight is 295 g/mol. The van der Waals surface area contributed by atoms with Crippen molar-refractivity contribution in [1.82, 2.24) is 10.5 Å². The molecule has 0 fully saturated rings. The van der Waals surface area contributed by atoms with E-state index in [-0.39, 0.29) is 10.8 Å². The van der Waals surface area contributed by atoms with E-state index in [1.807, 2.05) is 7.05 Å². The first kappa shape index (κ1) is 14.5. The molecule has 7 heteroatoms. The summed E-state index contributed by atoms with van der Waals surface area (Å²) < 4.78 is 31.8. The van der Waals surface area contributed by atoms with Crippen molar-refractivity contribution in [3.63, 3.8) is 0 Å². The van der Waals surface area contributed by atoms with Gasteiger partial charge in [0.1, 0.15) is 0 Å². The fraction of sp³-hybridized carbons (Fsp3) is 0.308. The quantitative estimate of drug-likeness (QED) is 0.879. The molecule has 1 aromatic carbocycles. The van der Waals surface area contributed by atoms with Gasteiger partial charge in [0.15, 0.2) is 0 Å². The van der Waals surface area contributed by atoms with Crippen LogP contribution in [0.25, 0.3) is 0 Å². The number of aromatic nitrogens is 1. The molecule has 2 rings (SSSR count). The lowest BCUT2D eigenvalue weighted by atomic mass is 10.2. The van der Waals surface area contributed by atoms with Gasteiger partial charge in [-0.2, -0.15) is 0 Å². The number of sulfonamides is 1. The predicted octanol–water partition coefficient (Wildman–Crippen LogP) is 1.81. The Labute approximate surface area is 118 Å². The molecule has 1 aromatic heterocycles. The highest BCUT2D eigenvalue weighted by molar-refractivity contribution is 7.92. The molecule has 0 aliphatic heterocycles. The van der Waals surface area contributed by atoms with Crippen LogP contribution in [-0.4, -0.2) is 20.6 Å². The smallest absolute Gasteiger partial charge is 0.264 e. The van der Waals surface area contributed by atoms with Crippen molar-refractivity contribution in [2.75, 3.05) is 11.8 Å². The Morgan fingerprint density at radius 3 is 2.35 bits per heavy atom. The number of hydrogen-bond donors (Lipinski definition) is 2. The van der Waals surface area contributed by atoms with Gasteiger partial charge in [0.05, 0.1) is 10.6 Å². The summed E-state index contributed by atoms with van der Waals surface area (Å²) in [7, 11) is -1.82. The van der Waals surface area contributed by atoms with E-state index in [0.717, 1.165) is 5.56 Å². The van der Waals surface area contributed by atoms with Gasteiger partial charge in [0.25, 0.3) is 10.0 Å². The zero-order chi connectivity index (χ0) is 14.8. The summed E-state index contributed by atoms with van der Waals surface area (Å²) in [6.07, 6.45) is 0. The highest BCUT2D eigenvalue weighted by Gasteiger charge is 2.18. The third-order valence-electron chi connectivity index (χ3n) is 3.00. The van der Waals surface area contributed by atoms with Crippen LogP contribution >= 0.6 is 0 Å². The van der Waals surface area contributed by atoms with Gasteiger partial charge < -0.3 is 9.84 Å². The minimum atomic E-state index is -3.66. The first-order valence-electron chi connectivity index (χ1n) is 6.13. The van der Waals surface area contributed by atoms with Crippen molar-refractivity contribution in [2.24, 2.45) is 0 Å². The Bertz CT molecular complexity index is 690. The number of hydrogen-bond acceptors (Lipinski definition) is 5. The number of aryl methyl sites for hydroxylation is 1. The second-order valence-electron chi connectivity index (χ2n) is 4.50. The zero-order valence-corrected chi connectivity index (χ0v) is 12.4. The summed E-state index contributed by atoms with van der Waals surface area (Å²) in [5.41, 5.74) is 2.35. The molecule has 0 atom stereocenters. The average Bonchev–Trinajstić information content (AvgIpc) is 2.71. The Kier molecular flexibility index (Phi) is 4.10. The highest BCUT2D eigenvalue weighted by Crippen LogP contribution is 2.21. The van der Waals surface area contributed by atoms with Crippen LogP contribution in [0.3, 0.4) is 0 Å². The fourth-order valence-electron chi connectivity index (χ4n) is 1.68. The topological polar surface area (TPSA) is 84.2 Å². The van der Waals surface area contributed by atoms with E-state index in [9.17, 15) is 8.42 Å². The van der Waals surface area contributed by atoms with Crippen LogP contribution < -0.4 is 10.0 Å². The lowest BCUT2D eigenvalue weighted by Gasteiger charge is -2.06. The van der Waals surface area contributed by atoms with E-state index in [4.69, 9.17) is 4.52 Å². The lowest BCUT2D eigenvalue weighted by molar-refractivity contribution is 0.430. The summed E-state index contributed by atoms with van der Waals surface area (Å²) in [5.74, 6) is 0.154. The second-order valence-corrected chi connectivity index (χ2v) is 6.18. The van der Waals surface area contributed by atoms with Gasteiger partial charge in [-0.05, 0) is 38.6 Å². The summed E-state index contributed by atoms with van der Waals surface area (Å²) in [6, 6.07) is 6.66. The highest BCUT2D eigenvalue weighted by atomic mass is 32.2. The maximum absolute atomic E-state index is 12.2. The molecule has 0 spiro atoms. The van der Waals surface area contributed by atoms with Gasteiger partial charge in [-0.1, -0.05) is 17.3 Å². The molecule has 0 bridgehead atoms. The van der Waals surface area contributed by atoms with E-state index in [1.165, 1.54) is 0 Å². The van der Waals surface area contributed by atoms with Gasteiger partial charge in [0, 0.05) is 12.1 Å². The molecule has 108 valence electrons. The van der Waals surface area contributed by atoms with Crippen molar-refractivity contribution < 1.29 is 12.9 Å². The SMILES string of the molecule is CNCc1ccc(S(=O)(=O)Nc2onc(C)c2C)cc1. The zero-order valence-electron chi connectivity index (χ0n) is 11.6. The fourth-order valence-corrected chi connectivity index (χ4v) is 2.73. The van der Waals surface area contributed by atoms with Gasteiger partial charge in [-0.15, -0.1) is 0 Å². The van der Waals surface area contributed by atoms with Crippen LogP contribution in [0.1, 0.15) is 16.8 Å². The summed E-state index contributed by atoms with van der Waals surface area (Å²) in [5, 5.41) is 6.73.